The monoisotopic (exact) mass is 417 g/mol. The van der Waals surface area contributed by atoms with E-state index in [0.29, 0.717) is 18.8 Å². The highest BCUT2D eigenvalue weighted by Gasteiger charge is 2.30. The first-order valence-corrected chi connectivity index (χ1v) is 9.92. The van der Waals surface area contributed by atoms with E-state index in [9.17, 15) is 13.6 Å². The summed E-state index contributed by atoms with van der Waals surface area (Å²) in [4.78, 5) is 19.5. The quantitative estimate of drug-likeness (QED) is 0.640. The minimum atomic E-state index is -2.78. The SMILES string of the molecule is O=C(Nc1cn[nH]c1C(F)F)c1cnn2ccc(N3CCOC(CC4CC4)C3)nc12. The topological polar surface area (TPSA) is 100 Å². The Bertz CT molecular complexity index is 1060. The van der Waals surface area contributed by atoms with Gasteiger partial charge in [0.25, 0.3) is 12.3 Å². The van der Waals surface area contributed by atoms with Gasteiger partial charge in [0, 0.05) is 19.3 Å². The van der Waals surface area contributed by atoms with Crippen LogP contribution in [0.2, 0.25) is 0 Å². The van der Waals surface area contributed by atoms with Crippen molar-refractivity contribution in [3.05, 3.63) is 35.9 Å². The molecule has 3 aromatic rings. The van der Waals surface area contributed by atoms with Crippen molar-refractivity contribution in [1.29, 1.82) is 0 Å². The van der Waals surface area contributed by atoms with Crippen LogP contribution in [0.4, 0.5) is 20.3 Å². The Balaban J connectivity index is 1.37. The summed E-state index contributed by atoms with van der Waals surface area (Å²) in [5, 5.41) is 12.4. The van der Waals surface area contributed by atoms with Crippen LogP contribution in [0, 0.1) is 5.92 Å². The highest BCUT2D eigenvalue weighted by molar-refractivity contribution is 6.08. The molecule has 158 valence electrons. The van der Waals surface area contributed by atoms with Crippen LogP contribution in [0.5, 0.6) is 0 Å². The molecule has 30 heavy (non-hydrogen) atoms. The number of carbonyl (C=O) groups is 1. The van der Waals surface area contributed by atoms with Crippen LogP contribution in [0.3, 0.4) is 0 Å². The summed E-state index contributed by atoms with van der Waals surface area (Å²) in [7, 11) is 0. The average molecular weight is 417 g/mol. The normalized spacial score (nSPS) is 19.6. The van der Waals surface area contributed by atoms with E-state index in [2.05, 4.69) is 30.5 Å². The summed E-state index contributed by atoms with van der Waals surface area (Å²) in [6.45, 7) is 2.10. The molecule has 2 fully saturated rings. The Kier molecular flexibility index (Phi) is 4.81. The number of hydrogen-bond donors (Lipinski definition) is 2. The molecule has 3 aromatic heterocycles. The van der Waals surface area contributed by atoms with Crippen LogP contribution in [0.25, 0.3) is 5.65 Å². The molecule has 0 aromatic carbocycles. The molecule has 9 nitrogen and oxygen atoms in total. The molecule has 11 heteroatoms. The predicted molar refractivity (Wildman–Crippen MR) is 104 cm³/mol. The average Bonchev–Trinajstić information content (AvgIpc) is 3.26. The molecule has 5 rings (SSSR count). The molecular formula is C19H21F2N7O2. The van der Waals surface area contributed by atoms with Gasteiger partial charge in [0.2, 0.25) is 0 Å². The number of morpholine rings is 1. The number of nitrogens with zero attached hydrogens (tertiary/aromatic N) is 5. The Morgan fingerprint density at radius 3 is 3.03 bits per heavy atom. The molecule has 0 radical (unpaired) electrons. The van der Waals surface area contributed by atoms with Crippen LogP contribution < -0.4 is 10.2 Å². The number of carbonyl (C=O) groups excluding carboxylic acids is 1. The molecule has 1 saturated heterocycles. The van der Waals surface area contributed by atoms with Crippen molar-refractivity contribution in [2.24, 2.45) is 5.92 Å². The summed E-state index contributed by atoms with van der Waals surface area (Å²) in [5.74, 6) is 0.931. The first-order valence-electron chi connectivity index (χ1n) is 9.92. The first-order chi connectivity index (χ1) is 14.6. The van der Waals surface area contributed by atoms with Crippen molar-refractivity contribution in [3.8, 4) is 0 Å². The number of anilines is 2. The predicted octanol–water partition coefficient (Wildman–Crippen LogP) is 2.65. The van der Waals surface area contributed by atoms with Crippen molar-refractivity contribution < 1.29 is 18.3 Å². The number of aromatic nitrogens is 5. The van der Waals surface area contributed by atoms with E-state index in [1.807, 2.05) is 6.07 Å². The number of alkyl halides is 2. The number of fused-ring (bicyclic) bond motifs is 1. The fourth-order valence-electron chi connectivity index (χ4n) is 3.74. The van der Waals surface area contributed by atoms with Crippen molar-refractivity contribution in [3.63, 3.8) is 0 Å². The van der Waals surface area contributed by atoms with Crippen molar-refractivity contribution >= 4 is 23.1 Å². The van der Waals surface area contributed by atoms with Gasteiger partial charge in [-0.2, -0.15) is 10.2 Å². The first kappa shape index (κ1) is 18.9. The zero-order valence-electron chi connectivity index (χ0n) is 16.1. The van der Waals surface area contributed by atoms with Gasteiger partial charge in [-0.05, 0) is 18.4 Å². The second-order valence-electron chi connectivity index (χ2n) is 7.68. The molecule has 1 atom stereocenters. The van der Waals surface area contributed by atoms with Gasteiger partial charge in [-0.3, -0.25) is 9.89 Å². The van der Waals surface area contributed by atoms with E-state index in [4.69, 9.17) is 4.74 Å². The van der Waals surface area contributed by atoms with Gasteiger partial charge in [0.15, 0.2) is 5.65 Å². The molecule has 2 N–H and O–H groups in total. The summed E-state index contributed by atoms with van der Waals surface area (Å²) < 4.78 is 33.4. The largest absolute Gasteiger partial charge is 0.375 e. The molecular weight excluding hydrogens is 396 g/mol. The molecule has 1 saturated carbocycles. The van der Waals surface area contributed by atoms with Crippen LogP contribution in [0.15, 0.2) is 24.7 Å². The second-order valence-corrected chi connectivity index (χ2v) is 7.68. The lowest BCUT2D eigenvalue weighted by atomic mass is 10.1. The summed E-state index contributed by atoms with van der Waals surface area (Å²) in [6.07, 6.45) is 5.30. The van der Waals surface area contributed by atoms with E-state index in [1.54, 1.807) is 6.20 Å². The number of aromatic amines is 1. The van der Waals surface area contributed by atoms with E-state index >= 15 is 0 Å². The number of amides is 1. The number of hydrogen-bond acceptors (Lipinski definition) is 6. The molecule has 1 amide bonds. The summed E-state index contributed by atoms with van der Waals surface area (Å²) in [5.41, 5.74) is 0.0449. The van der Waals surface area contributed by atoms with Gasteiger partial charge < -0.3 is 15.0 Å². The number of halogens is 2. The minimum absolute atomic E-state index is 0.0680. The zero-order chi connectivity index (χ0) is 20.7. The Labute approximate surface area is 170 Å². The smallest absolute Gasteiger partial charge is 0.281 e. The van der Waals surface area contributed by atoms with Crippen molar-refractivity contribution in [1.82, 2.24) is 24.8 Å². The van der Waals surface area contributed by atoms with Crippen LogP contribution in [-0.2, 0) is 4.74 Å². The summed E-state index contributed by atoms with van der Waals surface area (Å²) >= 11 is 0. The number of H-pyrrole nitrogens is 1. The van der Waals surface area contributed by atoms with Gasteiger partial charge in [0.05, 0.1) is 30.8 Å². The molecule has 1 aliphatic heterocycles. The minimum Gasteiger partial charge on any atom is -0.375 e. The highest BCUT2D eigenvalue weighted by Crippen LogP contribution is 2.35. The lowest BCUT2D eigenvalue weighted by molar-refractivity contribution is 0.0315. The molecule has 0 spiro atoms. The number of rotatable bonds is 6. The Morgan fingerprint density at radius 2 is 2.23 bits per heavy atom. The van der Waals surface area contributed by atoms with Crippen molar-refractivity contribution in [2.75, 3.05) is 29.9 Å². The van der Waals surface area contributed by atoms with Crippen molar-refractivity contribution in [2.45, 2.75) is 31.8 Å². The molecule has 0 bridgehead atoms. The van der Waals surface area contributed by atoms with Gasteiger partial charge in [0.1, 0.15) is 17.1 Å². The van der Waals surface area contributed by atoms with Crippen LogP contribution in [-0.4, -0.2) is 56.5 Å². The Hall–Kier alpha value is -3.08. The standard InChI is InChI=1S/C19H21F2N7O2/c20-17(21)16-14(9-22-26-16)24-19(29)13-8-23-28-4-3-15(25-18(13)28)27-5-6-30-12(10-27)7-11-1-2-11/h3-4,8-9,11-12,17H,1-2,5-7,10H2,(H,22,26)(H,24,29). The lowest BCUT2D eigenvalue weighted by Crippen LogP contribution is -2.43. The zero-order valence-corrected chi connectivity index (χ0v) is 16.1. The van der Waals surface area contributed by atoms with E-state index in [0.717, 1.165) is 30.9 Å². The lowest BCUT2D eigenvalue weighted by Gasteiger charge is -2.33. The van der Waals surface area contributed by atoms with E-state index in [-0.39, 0.29) is 17.4 Å². The third kappa shape index (κ3) is 3.72. The van der Waals surface area contributed by atoms with Gasteiger partial charge in [-0.1, -0.05) is 12.8 Å². The number of nitrogens with one attached hydrogen (secondary N) is 2. The van der Waals surface area contributed by atoms with Crippen LogP contribution >= 0.6 is 0 Å². The molecule has 1 aliphatic carbocycles. The Morgan fingerprint density at radius 1 is 1.37 bits per heavy atom. The fourth-order valence-corrected chi connectivity index (χ4v) is 3.74. The van der Waals surface area contributed by atoms with E-state index < -0.39 is 18.0 Å². The van der Waals surface area contributed by atoms with Gasteiger partial charge in [-0.15, -0.1) is 0 Å². The molecule has 1 unspecified atom stereocenters. The maximum Gasteiger partial charge on any atom is 0.281 e. The highest BCUT2D eigenvalue weighted by atomic mass is 19.3. The number of ether oxygens (including phenoxy) is 1. The van der Waals surface area contributed by atoms with Gasteiger partial charge in [-0.25, -0.2) is 18.3 Å². The molecule has 4 heterocycles. The van der Waals surface area contributed by atoms with Gasteiger partial charge >= 0.3 is 0 Å². The third-order valence-corrected chi connectivity index (χ3v) is 5.49. The maximum atomic E-state index is 13.0. The fraction of sp³-hybridized carbons (Fsp3) is 0.474. The molecule has 2 aliphatic rings. The summed E-state index contributed by atoms with van der Waals surface area (Å²) in [6, 6.07) is 1.85. The maximum absolute atomic E-state index is 13.0. The second kappa shape index (κ2) is 7.63. The third-order valence-electron chi connectivity index (χ3n) is 5.49. The van der Waals surface area contributed by atoms with E-state index in [1.165, 1.54) is 23.6 Å². The van der Waals surface area contributed by atoms with Crippen LogP contribution in [0.1, 0.15) is 41.7 Å².